The van der Waals surface area contributed by atoms with E-state index in [1.165, 1.54) is 42.8 Å². The number of aromatic nitrogens is 1. The van der Waals surface area contributed by atoms with Crippen LogP contribution in [0.2, 0.25) is 0 Å². The zero-order valence-corrected chi connectivity index (χ0v) is 19.2. The Kier molecular flexibility index (Phi) is 5.80. The number of fused-ring (bicyclic) bond motifs is 1. The maximum absolute atomic E-state index is 12.1. The first-order valence-electron chi connectivity index (χ1n) is 11.9. The maximum atomic E-state index is 12.1. The first-order valence-corrected chi connectivity index (χ1v) is 11.9. The number of aryl methyl sites for hydroxylation is 1. The van der Waals surface area contributed by atoms with Crippen molar-refractivity contribution in [2.45, 2.75) is 63.2 Å². The third-order valence-electron chi connectivity index (χ3n) is 7.33. The molecule has 3 heterocycles. The molecule has 0 N–H and O–H groups in total. The second kappa shape index (κ2) is 8.74. The fourth-order valence-electron chi connectivity index (χ4n) is 5.05. The van der Waals surface area contributed by atoms with E-state index in [1.807, 2.05) is 18.2 Å². The predicted molar refractivity (Wildman–Crippen MR) is 123 cm³/mol. The summed E-state index contributed by atoms with van der Waals surface area (Å²) in [6.07, 6.45) is 8.54. The van der Waals surface area contributed by atoms with E-state index in [0.717, 1.165) is 48.9 Å². The molecule has 2 aliphatic heterocycles. The third kappa shape index (κ3) is 4.33. The topological polar surface area (TPSA) is 54.9 Å². The Bertz CT molecular complexity index is 978. The van der Waals surface area contributed by atoms with Gasteiger partial charge in [0.15, 0.2) is 0 Å². The average molecular weight is 436 g/mol. The van der Waals surface area contributed by atoms with Crippen molar-refractivity contribution in [3.63, 3.8) is 0 Å². The Morgan fingerprint density at radius 2 is 2.00 bits per heavy atom. The van der Waals surface area contributed by atoms with Crippen molar-refractivity contribution >= 4 is 5.91 Å². The first-order chi connectivity index (χ1) is 15.5. The number of carbonyl (C=O) groups excluding carboxylic acids is 1. The van der Waals surface area contributed by atoms with Crippen LogP contribution < -0.4 is 9.47 Å². The summed E-state index contributed by atoms with van der Waals surface area (Å²) < 4.78 is 12.6. The fraction of sp³-hybridized carbons (Fsp3) is 0.538. The van der Waals surface area contributed by atoms with Gasteiger partial charge < -0.3 is 19.3 Å². The van der Waals surface area contributed by atoms with Crippen LogP contribution in [0.15, 0.2) is 36.4 Å². The second-order valence-corrected chi connectivity index (χ2v) is 9.68. The van der Waals surface area contributed by atoms with Crippen LogP contribution in [0.25, 0.3) is 0 Å². The van der Waals surface area contributed by atoms with Crippen LogP contribution in [0.5, 0.6) is 11.5 Å². The Morgan fingerprint density at radius 1 is 1.19 bits per heavy atom. The number of pyridine rings is 1. The van der Waals surface area contributed by atoms with Crippen LogP contribution in [0, 0.1) is 0 Å². The lowest BCUT2D eigenvalue weighted by Crippen LogP contribution is -2.53. The molecule has 1 spiro atoms. The average Bonchev–Trinajstić information content (AvgIpc) is 2.78. The minimum absolute atomic E-state index is 0.0129. The summed E-state index contributed by atoms with van der Waals surface area (Å²) in [4.78, 5) is 20.8. The molecule has 0 radical (unpaired) electrons. The number of benzene rings is 1. The minimum Gasteiger partial charge on any atom is -0.487 e. The molecule has 1 saturated heterocycles. The molecule has 5 rings (SSSR count). The highest BCUT2D eigenvalue weighted by molar-refractivity contribution is 5.91. The van der Waals surface area contributed by atoms with Crippen molar-refractivity contribution in [3.05, 3.63) is 53.3 Å². The molecule has 0 atom stereocenters. The molecule has 170 valence electrons. The van der Waals surface area contributed by atoms with E-state index in [-0.39, 0.29) is 11.5 Å². The van der Waals surface area contributed by atoms with Gasteiger partial charge in [0.05, 0.1) is 5.69 Å². The second-order valence-electron chi connectivity index (χ2n) is 9.68. The number of carbonyl (C=O) groups is 1. The zero-order chi connectivity index (χ0) is 22.1. The Balaban J connectivity index is 1.20. The molecule has 1 aromatic carbocycles. The predicted octanol–water partition coefficient (Wildman–Crippen LogP) is 4.07. The molecule has 6 nitrogen and oxygen atoms in total. The van der Waals surface area contributed by atoms with Crippen molar-refractivity contribution in [2.24, 2.45) is 0 Å². The largest absolute Gasteiger partial charge is 0.487 e. The number of hydrogen-bond donors (Lipinski definition) is 0. The van der Waals surface area contributed by atoms with Crippen LogP contribution in [0.1, 0.15) is 60.3 Å². The quantitative estimate of drug-likeness (QED) is 0.709. The molecule has 2 fully saturated rings. The van der Waals surface area contributed by atoms with Gasteiger partial charge in [-0.2, -0.15) is 0 Å². The number of ether oxygens (including phenoxy) is 2. The highest BCUT2D eigenvalue weighted by Crippen LogP contribution is 2.41. The van der Waals surface area contributed by atoms with Crippen LogP contribution in [0.3, 0.4) is 0 Å². The molecule has 3 aliphatic rings. The zero-order valence-electron chi connectivity index (χ0n) is 19.2. The normalized spacial score (nSPS) is 20.2. The van der Waals surface area contributed by atoms with Crippen molar-refractivity contribution < 1.29 is 14.3 Å². The van der Waals surface area contributed by atoms with E-state index < -0.39 is 0 Å². The molecule has 1 amide bonds. The molecular formula is C26H33N3O3. The highest BCUT2D eigenvalue weighted by atomic mass is 16.5. The van der Waals surface area contributed by atoms with Gasteiger partial charge >= 0.3 is 0 Å². The lowest BCUT2D eigenvalue weighted by Gasteiger charge is -2.48. The minimum atomic E-state index is -0.106. The molecule has 1 aromatic heterocycles. The van der Waals surface area contributed by atoms with E-state index >= 15 is 0 Å². The van der Waals surface area contributed by atoms with E-state index in [4.69, 9.17) is 9.47 Å². The van der Waals surface area contributed by atoms with Crippen LogP contribution >= 0.6 is 0 Å². The monoisotopic (exact) mass is 435 g/mol. The van der Waals surface area contributed by atoms with E-state index in [2.05, 4.69) is 22.0 Å². The summed E-state index contributed by atoms with van der Waals surface area (Å²) >= 11 is 0. The molecule has 1 saturated carbocycles. The number of amides is 1. The van der Waals surface area contributed by atoms with Gasteiger partial charge in [0, 0.05) is 33.2 Å². The molecule has 6 heteroatoms. The Labute approximate surface area is 190 Å². The number of rotatable bonds is 5. The van der Waals surface area contributed by atoms with Gasteiger partial charge in [-0.1, -0.05) is 12.5 Å². The van der Waals surface area contributed by atoms with Gasteiger partial charge in [0.25, 0.3) is 5.91 Å². The van der Waals surface area contributed by atoms with Gasteiger partial charge in [0.2, 0.25) is 0 Å². The smallest absolute Gasteiger partial charge is 0.271 e. The Hall–Kier alpha value is -2.60. The van der Waals surface area contributed by atoms with Crippen LogP contribution in [-0.2, 0) is 13.0 Å². The van der Waals surface area contributed by atoms with E-state index in [0.29, 0.717) is 12.3 Å². The van der Waals surface area contributed by atoms with Crippen LogP contribution in [0.4, 0.5) is 0 Å². The molecule has 1 aliphatic carbocycles. The standard InChI is InChI=1S/C26H33N3O3/c1-28(2)25(30)23-8-3-5-20(27-23)18-31-22-9-10-24-19(17-22)11-12-26(32-24)13-15-29(16-14-26)21-6-4-7-21/h3,5,8-10,17,21H,4,6-7,11-16,18H2,1-2H3. The molecular weight excluding hydrogens is 402 g/mol. The van der Waals surface area contributed by atoms with Gasteiger partial charge in [-0.25, -0.2) is 4.98 Å². The lowest BCUT2D eigenvalue weighted by atomic mass is 9.81. The van der Waals surface area contributed by atoms with Gasteiger partial charge in [-0.15, -0.1) is 0 Å². The number of nitrogens with zero attached hydrogens (tertiary/aromatic N) is 3. The Morgan fingerprint density at radius 3 is 2.72 bits per heavy atom. The van der Waals surface area contributed by atoms with Gasteiger partial charge in [-0.05, 0) is 74.4 Å². The highest BCUT2D eigenvalue weighted by Gasteiger charge is 2.41. The summed E-state index contributed by atoms with van der Waals surface area (Å²) in [5, 5.41) is 0. The van der Waals surface area contributed by atoms with Crippen LogP contribution in [-0.4, -0.2) is 59.5 Å². The lowest BCUT2D eigenvalue weighted by molar-refractivity contribution is -0.0337. The summed E-state index contributed by atoms with van der Waals surface area (Å²) in [6, 6.07) is 12.4. The number of hydrogen-bond acceptors (Lipinski definition) is 5. The molecule has 2 aromatic rings. The molecule has 32 heavy (non-hydrogen) atoms. The molecule has 0 bridgehead atoms. The third-order valence-corrected chi connectivity index (χ3v) is 7.33. The number of likely N-dealkylation sites (tertiary alicyclic amines) is 1. The maximum Gasteiger partial charge on any atom is 0.271 e. The summed E-state index contributed by atoms with van der Waals surface area (Å²) in [7, 11) is 3.45. The van der Waals surface area contributed by atoms with Crippen molar-refractivity contribution in [2.75, 3.05) is 27.2 Å². The number of piperidine rings is 1. The van der Waals surface area contributed by atoms with Crippen molar-refractivity contribution in [1.82, 2.24) is 14.8 Å². The van der Waals surface area contributed by atoms with Crippen molar-refractivity contribution in [3.8, 4) is 11.5 Å². The summed E-state index contributed by atoms with van der Waals surface area (Å²) in [6.45, 7) is 2.67. The van der Waals surface area contributed by atoms with Gasteiger partial charge in [-0.3, -0.25) is 4.79 Å². The van der Waals surface area contributed by atoms with Crippen molar-refractivity contribution in [1.29, 1.82) is 0 Å². The van der Waals surface area contributed by atoms with E-state index in [9.17, 15) is 4.79 Å². The van der Waals surface area contributed by atoms with E-state index in [1.54, 1.807) is 20.2 Å². The SMILES string of the molecule is CN(C)C(=O)c1cccc(COc2ccc3c(c2)CCC2(CCN(C4CCC4)CC2)O3)n1. The summed E-state index contributed by atoms with van der Waals surface area (Å²) in [5.74, 6) is 1.72. The fourth-order valence-corrected chi connectivity index (χ4v) is 5.05. The summed E-state index contributed by atoms with van der Waals surface area (Å²) in [5.41, 5.74) is 2.41. The molecule has 0 unspecified atom stereocenters. The van der Waals surface area contributed by atoms with Gasteiger partial charge in [0.1, 0.15) is 29.4 Å². The first kappa shape index (κ1) is 21.3.